The molecule has 146 valence electrons. The third-order valence-corrected chi connectivity index (χ3v) is 6.28. The fourth-order valence-electron chi connectivity index (χ4n) is 4.50. The van der Waals surface area contributed by atoms with E-state index in [2.05, 4.69) is 10.6 Å². The molecule has 0 spiro atoms. The van der Waals surface area contributed by atoms with Crippen LogP contribution in [0.25, 0.3) is 0 Å². The normalized spacial score (nSPS) is 25.9. The van der Waals surface area contributed by atoms with Crippen molar-refractivity contribution in [3.8, 4) is 0 Å². The Balaban J connectivity index is 1.35. The van der Waals surface area contributed by atoms with E-state index in [1.54, 1.807) is 0 Å². The van der Waals surface area contributed by atoms with Gasteiger partial charge in [-0.25, -0.2) is 8.78 Å². The van der Waals surface area contributed by atoms with Crippen LogP contribution in [0, 0.1) is 23.0 Å². The first-order chi connectivity index (χ1) is 13.2. The lowest BCUT2D eigenvalue weighted by Gasteiger charge is -2.72. The molecule has 1 atom stereocenters. The minimum Gasteiger partial charge on any atom is -0.346 e. The van der Waals surface area contributed by atoms with Crippen molar-refractivity contribution in [3.05, 3.63) is 64.7 Å². The molecule has 0 unspecified atom stereocenters. The zero-order valence-electron chi connectivity index (χ0n) is 15.2. The summed E-state index contributed by atoms with van der Waals surface area (Å²) in [5.41, 5.74) is -0.0711. The number of hydrogen-bond donors (Lipinski definition) is 2. The zero-order valence-corrected chi connectivity index (χ0v) is 15.9. The van der Waals surface area contributed by atoms with Gasteiger partial charge in [0.1, 0.15) is 11.6 Å². The molecule has 2 N–H and O–H groups in total. The first-order valence-corrected chi connectivity index (χ1v) is 9.44. The Bertz CT molecular complexity index is 942. The molecule has 4 nitrogen and oxygen atoms in total. The molecular weight excluding hydrogens is 386 g/mol. The number of amides is 2. The summed E-state index contributed by atoms with van der Waals surface area (Å²) in [6, 6.07) is 9.49. The predicted molar refractivity (Wildman–Crippen MR) is 102 cm³/mol. The summed E-state index contributed by atoms with van der Waals surface area (Å²) in [5, 5.41) is 6.01. The third kappa shape index (κ3) is 3.15. The molecule has 0 radical (unpaired) electrons. The Morgan fingerprint density at radius 1 is 1.07 bits per heavy atom. The monoisotopic (exact) mass is 404 g/mol. The lowest BCUT2D eigenvalue weighted by atomic mass is 9.36. The lowest BCUT2D eigenvalue weighted by molar-refractivity contribution is -0.184. The van der Waals surface area contributed by atoms with Gasteiger partial charge in [0, 0.05) is 22.2 Å². The van der Waals surface area contributed by atoms with Gasteiger partial charge in [0.05, 0.1) is 5.56 Å². The number of anilines is 1. The Labute approximate surface area is 166 Å². The van der Waals surface area contributed by atoms with E-state index in [-0.39, 0.29) is 34.2 Å². The predicted octanol–water partition coefficient (Wildman–Crippen LogP) is 4.55. The highest BCUT2D eigenvalue weighted by Gasteiger charge is 2.71. The molecule has 0 heterocycles. The summed E-state index contributed by atoms with van der Waals surface area (Å²) in [7, 11) is 0. The molecule has 28 heavy (non-hydrogen) atoms. The van der Waals surface area contributed by atoms with E-state index in [0.29, 0.717) is 30.0 Å². The van der Waals surface area contributed by atoms with Gasteiger partial charge in [-0.1, -0.05) is 18.5 Å². The number of nitrogens with one attached hydrogen (secondary N) is 2. The van der Waals surface area contributed by atoms with E-state index in [1.807, 2.05) is 6.92 Å². The highest BCUT2D eigenvalue weighted by molar-refractivity contribution is 6.31. The maximum Gasteiger partial charge on any atom is 0.254 e. The number of carbonyl (C=O) groups is 2. The van der Waals surface area contributed by atoms with E-state index in [4.69, 9.17) is 11.6 Å². The second kappa shape index (κ2) is 6.55. The van der Waals surface area contributed by atoms with Crippen molar-refractivity contribution >= 4 is 29.1 Å². The van der Waals surface area contributed by atoms with Crippen molar-refractivity contribution in [2.45, 2.75) is 31.7 Å². The van der Waals surface area contributed by atoms with Crippen LogP contribution < -0.4 is 10.6 Å². The highest BCUT2D eigenvalue weighted by atomic mass is 35.5. The molecule has 2 aromatic carbocycles. The van der Waals surface area contributed by atoms with Gasteiger partial charge in [-0.2, -0.15) is 0 Å². The second-order valence-corrected chi connectivity index (χ2v) is 8.41. The molecular formula is C21H19ClF2N2O2. The molecule has 2 aromatic rings. The molecule has 0 saturated heterocycles. The molecule has 7 heteroatoms. The molecule has 0 aliphatic heterocycles. The molecule has 3 fully saturated rings. The summed E-state index contributed by atoms with van der Waals surface area (Å²) in [4.78, 5) is 24.9. The Morgan fingerprint density at radius 2 is 1.71 bits per heavy atom. The number of benzene rings is 2. The van der Waals surface area contributed by atoms with Crippen LogP contribution in [0.1, 0.15) is 36.5 Å². The summed E-state index contributed by atoms with van der Waals surface area (Å²) in [6.07, 6.45) is 2.02. The average molecular weight is 405 g/mol. The topological polar surface area (TPSA) is 58.2 Å². The largest absolute Gasteiger partial charge is 0.346 e. The van der Waals surface area contributed by atoms with Gasteiger partial charge in [-0.05, 0) is 67.1 Å². The first-order valence-electron chi connectivity index (χ1n) is 9.06. The first kappa shape index (κ1) is 18.9. The Morgan fingerprint density at radius 3 is 2.36 bits per heavy atom. The molecule has 2 amide bonds. The van der Waals surface area contributed by atoms with Gasteiger partial charge in [0.15, 0.2) is 0 Å². The van der Waals surface area contributed by atoms with E-state index >= 15 is 0 Å². The van der Waals surface area contributed by atoms with E-state index in [9.17, 15) is 18.4 Å². The van der Waals surface area contributed by atoms with Crippen LogP contribution in [0.4, 0.5) is 14.5 Å². The highest BCUT2D eigenvalue weighted by Crippen LogP contribution is 2.70. The van der Waals surface area contributed by atoms with Gasteiger partial charge in [0.25, 0.3) is 5.91 Å². The quantitative estimate of drug-likeness (QED) is 0.768. The zero-order chi connectivity index (χ0) is 20.1. The van der Waals surface area contributed by atoms with Crippen molar-refractivity contribution in [2.24, 2.45) is 11.3 Å². The van der Waals surface area contributed by atoms with Gasteiger partial charge >= 0.3 is 0 Å². The van der Waals surface area contributed by atoms with Crippen molar-refractivity contribution < 1.29 is 18.4 Å². The number of halogens is 3. The minimum absolute atomic E-state index is 0.0756. The van der Waals surface area contributed by atoms with Gasteiger partial charge in [-0.3, -0.25) is 9.59 Å². The molecule has 3 aliphatic carbocycles. The van der Waals surface area contributed by atoms with Gasteiger partial charge < -0.3 is 10.6 Å². The Kier molecular flexibility index (Phi) is 4.42. The summed E-state index contributed by atoms with van der Waals surface area (Å²) in [6.45, 7) is 1.86. The number of carbonyl (C=O) groups excluding carboxylic acids is 2. The smallest absolute Gasteiger partial charge is 0.254 e. The fraction of sp³-hybridized carbons (Fsp3) is 0.333. The van der Waals surface area contributed by atoms with Gasteiger partial charge in [-0.15, -0.1) is 0 Å². The molecule has 0 aromatic heterocycles. The van der Waals surface area contributed by atoms with Crippen molar-refractivity contribution in [1.29, 1.82) is 0 Å². The minimum atomic E-state index is -0.616. The summed E-state index contributed by atoms with van der Waals surface area (Å²) in [5.74, 6) is -1.85. The van der Waals surface area contributed by atoms with Crippen LogP contribution in [-0.2, 0) is 4.79 Å². The lowest BCUT2D eigenvalue weighted by Crippen LogP contribution is -2.77. The number of rotatable bonds is 5. The van der Waals surface area contributed by atoms with Crippen molar-refractivity contribution in [3.63, 3.8) is 0 Å². The van der Waals surface area contributed by atoms with Crippen LogP contribution in [0.3, 0.4) is 0 Å². The van der Waals surface area contributed by atoms with E-state index in [0.717, 1.165) is 0 Å². The Hall–Kier alpha value is -2.47. The van der Waals surface area contributed by atoms with Crippen molar-refractivity contribution in [1.82, 2.24) is 5.32 Å². The van der Waals surface area contributed by atoms with E-state index in [1.165, 1.54) is 42.5 Å². The standard InChI is InChI=1S/C21H19ClF2N2O2/c1-12(18(27)25-15-5-3-14(23)4-6-15)20-9-21(10-20,11-20)26-19(28)16-8-13(22)2-7-17(16)24/h2-8,12H,9-11H2,1H3,(H,25,27)(H,26,28)/t12-,20?,21?/m1/s1. The number of hydrogen-bond acceptors (Lipinski definition) is 2. The maximum absolute atomic E-state index is 13.9. The fourth-order valence-corrected chi connectivity index (χ4v) is 4.67. The average Bonchev–Trinajstić information content (AvgIpc) is 2.60. The van der Waals surface area contributed by atoms with Gasteiger partial charge in [0.2, 0.25) is 5.91 Å². The van der Waals surface area contributed by atoms with Crippen molar-refractivity contribution in [2.75, 3.05) is 5.32 Å². The summed E-state index contributed by atoms with van der Waals surface area (Å²) >= 11 is 5.85. The van der Waals surface area contributed by atoms with Crippen LogP contribution in [0.5, 0.6) is 0 Å². The van der Waals surface area contributed by atoms with Crippen LogP contribution >= 0.6 is 11.6 Å². The molecule has 5 rings (SSSR count). The molecule has 3 saturated carbocycles. The SMILES string of the molecule is C[C@H](C(=O)Nc1ccc(F)cc1)C12CC(NC(=O)c3cc(Cl)ccc3F)(C1)C2. The summed E-state index contributed by atoms with van der Waals surface area (Å²) < 4.78 is 26.9. The molecule has 3 aliphatic rings. The molecule has 2 bridgehead atoms. The third-order valence-electron chi connectivity index (χ3n) is 6.05. The van der Waals surface area contributed by atoms with Crippen LogP contribution in [0.2, 0.25) is 5.02 Å². The maximum atomic E-state index is 13.9. The van der Waals surface area contributed by atoms with E-state index < -0.39 is 11.7 Å². The second-order valence-electron chi connectivity index (χ2n) is 7.97. The van der Waals surface area contributed by atoms with Crippen LogP contribution in [0.15, 0.2) is 42.5 Å². The van der Waals surface area contributed by atoms with Crippen LogP contribution in [-0.4, -0.2) is 17.4 Å².